The van der Waals surface area contributed by atoms with Crippen LogP contribution in [0.25, 0.3) is 0 Å². The fourth-order valence-electron chi connectivity index (χ4n) is 1.73. The highest BCUT2D eigenvalue weighted by Crippen LogP contribution is 2.12. The molecular formula is C17H27NO4. The number of carbonyl (C=O) groups excluding carboxylic acids is 1. The molecule has 0 aliphatic heterocycles. The van der Waals surface area contributed by atoms with Crippen molar-refractivity contribution in [2.75, 3.05) is 33.4 Å². The Kier molecular flexibility index (Phi) is 7.18. The lowest BCUT2D eigenvalue weighted by Gasteiger charge is -2.27. The summed E-state index contributed by atoms with van der Waals surface area (Å²) in [6, 6.07) is 7.82. The summed E-state index contributed by atoms with van der Waals surface area (Å²) in [5.41, 5.74) is 0.670. The van der Waals surface area contributed by atoms with Crippen molar-refractivity contribution in [1.82, 2.24) is 4.90 Å². The van der Waals surface area contributed by atoms with Gasteiger partial charge in [-0.05, 0) is 39.8 Å². The first kappa shape index (κ1) is 18.3. The molecule has 1 aromatic rings. The van der Waals surface area contributed by atoms with Gasteiger partial charge in [-0.3, -0.25) is 0 Å². The van der Waals surface area contributed by atoms with Crippen molar-refractivity contribution >= 4 is 6.09 Å². The van der Waals surface area contributed by atoms with Crippen LogP contribution in [0.5, 0.6) is 5.75 Å². The van der Waals surface area contributed by atoms with Crippen molar-refractivity contribution in [2.45, 2.75) is 33.3 Å². The highest BCUT2D eigenvalue weighted by Gasteiger charge is 2.21. The number of aryl methyl sites for hydroxylation is 1. The molecule has 0 bridgehead atoms. The molecule has 0 atom stereocenters. The zero-order chi connectivity index (χ0) is 16.6. The SMILES string of the molecule is COCCN(CCOc1ccc(C)cc1)C(=O)OC(C)(C)C. The lowest BCUT2D eigenvalue weighted by molar-refractivity contribution is 0.0177. The maximum atomic E-state index is 12.1. The summed E-state index contributed by atoms with van der Waals surface area (Å²) in [5.74, 6) is 0.793. The molecule has 0 heterocycles. The molecule has 5 nitrogen and oxygen atoms in total. The first-order valence-electron chi connectivity index (χ1n) is 7.48. The second-order valence-electron chi connectivity index (χ2n) is 6.12. The van der Waals surface area contributed by atoms with Crippen LogP contribution in [0.2, 0.25) is 0 Å². The highest BCUT2D eigenvalue weighted by molar-refractivity contribution is 5.68. The molecule has 0 saturated carbocycles. The van der Waals surface area contributed by atoms with Crippen LogP contribution in [0.15, 0.2) is 24.3 Å². The van der Waals surface area contributed by atoms with E-state index in [0.717, 1.165) is 5.75 Å². The Balaban J connectivity index is 2.50. The Labute approximate surface area is 133 Å². The molecule has 5 heteroatoms. The lowest BCUT2D eigenvalue weighted by atomic mass is 10.2. The van der Waals surface area contributed by atoms with Crippen LogP contribution in [0.1, 0.15) is 26.3 Å². The van der Waals surface area contributed by atoms with Crippen LogP contribution in [0.4, 0.5) is 4.79 Å². The number of hydrogen-bond donors (Lipinski definition) is 0. The van der Waals surface area contributed by atoms with E-state index in [1.807, 2.05) is 52.0 Å². The van der Waals surface area contributed by atoms with E-state index in [1.54, 1.807) is 12.0 Å². The maximum Gasteiger partial charge on any atom is 0.410 e. The number of benzene rings is 1. The second kappa shape index (κ2) is 8.63. The molecular weight excluding hydrogens is 282 g/mol. The molecule has 1 aromatic carbocycles. The molecule has 0 aliphatic rings. The molecule has 0 aromatic heterocycles. The van der Waals surface area contributed by atoms with Gasteiger partial charge in [-0.1, -0.05) is 17.7 Å². The van der Waals surface area contributed by atoms with E-state index in [1.165, 1.54) is 5.56 Å². The van der Waals surface area contributed by atoms with Crippen LogP contribution in [-0.4, -0.2) is 50.0 Å². The van der Waals surface area contributed by atoms with Crippen molar-refractivity contribution in [2.24, 2.45) is 0 Å². The Morgan fingerprint density at radius 2 is 1.68 bits per heavy atom. The van der Waals surface area contributed by atoms with Gasteiger partial charge in [-0.15, -0.1) is 0 Å². The molecule has 0 spiro atoms. The van der Waals surface area contributed by atoms with Gasteiger partial charge in [-0.25, -0.2) is 4.79 Å². The number of ether oxygens (including phenoxy) is 3. The predicted octanol–water partition coefficient (Wildman–Crippen LogP) is 3.26. The van der Waals surface area contributed by atoms with E-state index >= 15 is 0 Å². The van der Waals surface area contributed by atoms with Gasteiger partial charge in [0.2, 0.25) is 0 Å². The van der Waals surface area contributed by atoms with E-state index in [4.69, 9.17) is 14.2 Å². The predicted molar refractivity (Wildman–Crippen MR) is 86.4 cm³/mol. The van der Waals surface area contributed by atoms with Crippen LogP contribution < -0.4 is 4.74 Å². The van der Waals surface area contributed by atoms with Gasteiger partial charge in [0.1, 0.15) is 18.0 Å². The van der Waals surface area contributed by atoms with Gasteiger partial charge in [0.05, 0.1) is 13.2 Å². The van der Waals surface area contributed by atoms with Crippen molar-refractivity contribution in [3.63, 3.8) is 0 Å². The summed E-state index contributed by atoms with van der Waals surface area (Å²) in [4.78, 5) is 13.7. The summed E-state index contributed by atoms with van der Waals surface area (Å²) in [6.07, 6.45) is -0.350. The average Bonchev–Trinajstić information content (AvgIpc) is 2.42. The van der Waals surface area contributed by atoms with E-state index in [2.05, 4.69) is 0 Å². The third kappa shape index (κ3) is 7.31. The molecule has 22 heavy (non-hydrogen) atoms. The fraction of sp³-hybridized carbons (Fsp3) is 0.588. The molecule has 0 radical (unpaired) electrons. The second-order valence-corrected chi connectivity index (χ2v) is 6.12. The number of hydrogen-bond acceptors (Lipinski definition) is 4. The number of carbonyl (C=O) groups is 1. The van der Waals surface area contributed by atoms with Crippen LogP contribution >= 0.6 is 0 Å². The minimum atomic E-state index is -0.514. The summed E-state index contributed by atoms with van der Waals surface area (Å²) in [7, 11) is 1.61. The molecule has 0 unspecified atom stereocenters. The average molecular weight is 309 g/mol. The zero-order valence-electron chi connectivity index (χ0n) is 14.2. The number of nitrogens with zero attached hydrogens (tertiary/aromatic N) is 1. The van der Waals surface area contributed by atoms with Crippen LogP contribution in [0.3, 0.4) is 0 Å². The standard InChI is InChI=1S/C17H27NO4/c1-14-6-8-15(9-7-14)21-13-11-18(10-12-20-5)16(19)22-17(2,3)4/h6-9H,10-13H2,1-5H3. The summed E-state index contributed by atoms with van der Waals surface area (Å²) < 4.78 is 16.1. The minimum Gasteiger partial charge on any atom is -0.492 e. The fourth-order valence-corrected chi connectivity index (χ4v) is 1.73. The lowest BCUT2D eigenvalue weighted by Crippen LogP contribution is -2.40. The Morgan fingerprint density at radius 1 is 1.09 bits per heavy atom. The van der Waals surface area contributed by atoms with Gasteiger partial charge >= 0.3 is 6.09 Å². The van der Waals surface area contributed by atoms with Crippen molar-refractivity contribution in [1.29, 1.82) is 0 Å². The Morgan fingerprint density at radius 3 is 2.23 bits per heavy atom. The molecule has 0 fully saturated rings. The van der Waals surface area contributed by atoms with Crippen molar-refractivity contribution in [3.05, 3.63) is 29.8 Å². The minimum absolute atomic E-state index is 0.350. The first-order chi connectivity index (χ1) is 10.3. The number of amides is 1. The monoisotopic (exact) mass is 309 g/mol. The van der Waals surface area contributed by atoms with E-state index in [9.17, 15) is 4.79 Å². The third-order valence-electron chi connectivity index (χ3n) is 2.87. The van der Waals surface area contributed by atoms with Crippen molar-refractivity contribution < 1.29 is 19.0 Å². The van der Waals surface area contributed by atoms with Gasteiger partial charge in [0.25, 0.3) is 0 Å². The molecule has 0 N–H and O–H groups in total. The smallest absolute Gasteiger partial charge is 0.410 e. The summed E-state index contributed by atoms with van der Waals surface area (Å²) in [6.45, 7) is 9.37. The van der Waals surface area contributed by atoms with Crippen molar-refractivity contribution in [3.8, 4) is 5.75 Å². The van der Waals surface area contributed by atoms with Gasteiger partial charge in [0, 0.05) is 13.7 Å². The van der Waals surface area contributed by atoms with E-state index in [-0.39, 0.29) is 6.09 Å². The zero-order valence-corrected chi connectivity index (χ0v) is 14.2. The van der Waals surface area contributed by atoms with E-state index in [0.29, 0.717) is 26.3 Å². The van der Waals surface area contributed by atoms with Crippen LogP contribution in [-0.2, 0) is 9.47 Å². The van der Waals surface area contributed by atoms with Gasteiger partial charge < -0.3 is 19.1 Å². The molecule has 1 amide bonds. The summed E-state index contributed by atoms with van der Waals surface area (Å²) >= 11 is 0. The van der Waals surface area contributed by atoms with Crippen LogP contribution in [0, 0.1) is 6.92 Å². The Hall–Kier alpha value is -1.75. The third-order valence-corrected chi connectivity index (χ3v) is 2.87. The largest absolute Gasteiger partial charge is 0.492 e. The number of methoxy groups -OCH3 is 1. The molecule has 124 valence electrons. The highest BCUT2D eigenvalue weighted by atomic mass is 16.6. The van der Waals surface area contributed by atoms with Gasteiger partial charge in [0.15, 0.2) is 0 Å². The summed E-state index contributed by atoms with van der Waals surface area (Å²) in [5, 5.41) is 0. The van der Waals surface area contributed by atoms with Gasteiger partial charge in [-0.2, -0.15) is 0 Å². The Bertz CT molecular complexity index is 451. The molecule has 0 aliphatic carbocycles. The molecule has 1 rings (SSSR count). The topological polar surface area (TPSA) is 48.0 Å². The maximum absolute atomic E-state index is 12.1. The molecule has 0 saturated heterocycles. The van der Waals surface area contributed by atoms with E-state index < -0.39 is 5.60 Å². The number of rotatable bonds is 7. The first-order valence-corrected chi connectivity index (χ1v) is 7.48. The quantitative estimate of drug-likeness (QED) is 0.775. The normalized spacial score (nSPS) is 11.1.